The van der Waals surface area contributed by atoms with Crippen LogP contribution in [-0.4, -0.2) is 14.4 Å². The van der Waals surface area contributed by atoms with E-state index in [1.807, 2.05) is 18.2 Å². The Morgan fingerprint density at radius 3 is 1.48 bits per heavy atom. The van der Waals surface area contributed by atoms with Crippen molar-refractivity contribution in [2.24, 2.45) is 0 Å². The Bertz CT molecular complexity index is 2070. The summed E-state index contributed by atoms with van der Waals surface area (Å²) in [6.07, 6.45) is 0. The molecule has 2 heterocycles. The summed E-state index contributed by atoms with van der Waals surface area (Å²) in [7, 11) is 0. The molecule has 3 nitrogen and oxygen atoms in total. The predicted molar refractivity (Wildman–Crippen MR) is 172 cm³/mol. The highest BCUT2D eigenvalue weighted by molar-refractivity contribution is 5.98. The van der Waals surface area contributed by atoms with Gasteiger partial charge in [0.2, 0.25) is 0 Å². The Kier molecular flexibility index (Phi) is 5.68. The van der Waals surface area contributed by atoms with Gasteiger partial charge in [0.25, 0.3) is 0 Å². The molecule has 6 aromatic carbocycles. The molecule has 0 aliphatic heterocycles. The number of imidazole rings is 1. The van der Waals surface area contributed by atoms with Crippen molar-refractivity contribution in [2.45, 2.75) is 5.41 Å². The molecule has 8 aromatic rings. The maximum atomic E-state index is 5.19. The van der Waals surface area contributed by atoms with Crippen molar-refractivity contribution >= 4 is 27.6 Å². The van der Waals surface area contributed by atoms with E-state index in [0.29, 0.717) is 0 Å². The van der Waals surface area contributed by atoms with Crippen molar-refractivity contribution in [3.05, 3.63) is 186 Å². The van der Waals surface area contributed by atoms with Crippen molar-refractivity contribution in [2.75, 3.05) is 0 Å². The van der Waals surface area contributed by atoms with Gasteiger partial charge in [0.15, 0.2) is 0 Å². The third-order valence-electron chi connectivity index (χ3n) is 8.34. The lowest BCUT2D eigenvalue weighted by molar-refractivity contribution is 0.745. The van der Waals surface area contributed by atoms with Crippen LogP contribution in [0.15, 0.2) is 164 Å². The summed E-state index contributed by atoms with van der Waals surface area (Å²) in [5.41, 5.74) is 9.30. The summed E-state index contributed by atoms with van der Waals surface area (Å²) in [5, 5.41) is 1.05. The third-order valence-corrected chi connectivity index (χ3v) is 8.34. The van der Waals surface area contributed by atoms with E-state index >= 15 is 0 Å². The summed E-state index contributed by atoms with van der Waals surface area (Å²) in [6, 6.07) is 57.9. The highest BCUT2D eigenvalue weighted by Gasteiger charge is 2.38. The second-order valence-electron chi connectivity index (χ2n) is 10.6. The Morgan fingerprint density at radius 2 is 0.881 bits per heavy atom. The van der Waals surface area contributed by atoms with Crippen LogP contribution in [0, 0.1) is 0 Å². The molecule has 42 heavy (non-hydrogen) atoms. The summed E-state index contributed by atoms with van der Waals surface area (Å²) in [6.45, 7) is 0. The number of rotatable bonds is 5. The first-order valence-corrected chi connectivity index (χ1v) is 14.3. The summed E-state index contributed by atoms with van der Waals surface area (Å²) in [5.74, 6) is 0.883. The van der Waals surface area contributed by atoms with E-state index in [0.717, 1.165) is 39.0 Å². The molecule has 0 aliphatic rings. The van der Waals surface area contributed by atoms with Gasteiger partial charge in [0.05, 0.1) is 22.0 Å². The van der Waals surface area contributed by atoms with Crippen molar-refractivity contribution in [1.82, 2.24) is 14.4 Å². The van der Waals surface area contributed by atoms with Gasteiger partial charge in [0, 0.05) is 10.9 Å². The molecule has 0 radical (unpaired) electrons. The first kappa shape index (κ1) is 24.3. The zero-order valence-corrected chi connectivity index (χ0v) is 22.9. The summed E-state index contributed by atoms with van der Waals surface area (Å²) >= 11 is 0. The standard InChI is InChI=1S/C39H27N3/c1-4-14-29(15-5-1)39(30-16-6-2-7-17-30,31-18-8-3-9-19-31)32-26-24-28(25-27-32)37-40-34-21-11-10-20-33(34)38-41-35-22-12-13-23-36(35)42(37)38/h1-27H. The van der Waals surface area contributed by atoms with Gasteiger partial charge in [0.1, 0.15) is 11.5 Å². The SMILES string of the molecule is c1ccc(C(c2ccccc2)(c2ccccc2)c2ccc(-c3nc4ccccc4c4nc5ccccc5n34)cc2)cc1. The fourth-order valence-electron chi connectivity index (χ4n) is 6.47. The van der Waals surface area contributed by atoms with Crippen LogP contribution in [0.25, 0.3) is 39.0 Å². The van der Waals surface area contributed by atoms with Gasteiger partial charge < -0.3 is 0 Å². The van der Waals surface area contributed by atoms with Gasteiger partial charge in [-0.15, -0.1) is 0 Å². The Morgan fingerprint density at radius 1 is 0.405 bits per heavy atom. The van der Waals surface area contributed by atoms with E-state index in [-0.39, 0.29) is 0 Å². The monoisotopic (exact) mass is 537 g/mol. The number of hydrogen-bond acceptors (Lipinski definition) is 2. The van der Waals surface area contributed by atoms with E-state index in [1.165, 1.54) is 22.3 Å². The van der Waals surface area contributed by atoms with Crippen LogP contribution in [-0.2, 0) is 5.41 Å². The van der Waals surface area contributed by atoms with Crippen LogP contribution in [0.5, 0.6) is 0 Å². The highest BCUT2D eigenvalue weighted by Crippen LogP contribution is 2.45. The van der Waals surface area contributed by atoms with Crippen LogP contribution < -0.4 is 0 Å². The van der Waals surface area contributed by atoms with E-state index in [9.17, 15) is 0 Å². The van der Waals surface area contributed by atoms with Gasteiger partial charge in [-0.2, -0.15) is 0 Å². The van der Waals surface area contributed by atoms with E-state index in [2.05, 4.69) is 150 Å². The Labute approximate surface area is 244 Å². The smallest absolute Gasteiger partial charge is 0.149 e. The largest absolute Gasteiger partial charge is 0.276 e. The second kappa shape index (κ2) is 9.83. The molecule has 3 heteroatoms. The van der Waals surface area contributed by atoms with Crippen LogP contribution >= 0.6 is 0 Å². The minimum atomic E-state index is -0.490. The van der Waals surface area contributed by atoms with Crippen molar-refractivity contribution in [1.29, 1.82) is 0 Å². The molecule has 198 valence electrons. The molecule has 0 fully saturated rings. The topological polar surface area (TPSA) is 30.2 Å². The molecular weight excluding hydrogens is 510 g/mol. The van der Waals surface area contributed by atoms with E-state index in [1.54, 1.807) is 0 Å². The molecule has 0 N–H and O–H groups in total. The van der Waals surface area contributed by atoms with Crippen LogP contribution in [0.2, 0.25) is 0 Å². The van der Waals surface area contributed by atoms with Crippen molar-refractivity contribution in [3.8, 4) is 11.4 Å². The average molecular weight is 538 g/mol. The van der Waals surface area contributed by atoms with Gasteiger partial charge >= 0.3 is 0 Å². The Hall–Kier alpha value is -5.54. The molecule has 8 rings (SSSR count). The molecule has 0 spiro atoms. The molecule has 2 aromatic heterocycles. The molecule has 0 saturated carbocycles. The first-order chi connectivity index (χ1) is 20.8. The summed E-state index contributed by atoms with van der Waals surface area (Å²) in [4.78, 5) is 10.2. The molecule has 0 atom stereocenters. The van der Waals surface area contributed by atoms with Crippen molar-refractivity contribution < 1.29 is 0 Å². The van der Waals surface area contributed by atoms with Gasteiger partial charge in [-0.05, 0) is 46.5 Å². The quantitative estimate of drug-likeness (QED) is 0.205. The minimum Gasteiger partial charge on any atom is -0.276 e. The number of hydrogen-bond donors (Lipinski definition) is 0. The molecule has 0 saturated heterocycles. The minimum absolute atomic E-state index is 0.490. The Balaban J connectivity index is 1.40. The molecule has 0 unspecified atom stereocenters. The fraction of sp³-hybridized carbons (Fsp3) is 0.0256. The highest BCUT2D eigenvalue weighted by atomic mass is 15.1. The first-order valence-electron chi connectivity index (χ1n) is 14.3. The zero-order chi connectivity index (χ0) is 27.9. The second-order valence-corrected chi connectivity index (χ2v) is 10.6. The predicted octanol–water partition coefficient (Wildman–Crippen LogP) is 9.09. The van der Waals surface area contributed by atoms with Crippen LogP contribution in [0.1, 0.15) is 22.3 Å². The van der Waals surface area contributed by atoms with Gasteiger partial charge in [-0.25, -0.2) is 9.97 Å². The van der Waals surface area contributed by atoms with Crippen LogP contribution in [0.3, 0.4) is 0 Å². The molecular formula is C39H27N3. The number of benzene rings is 6. The number of fused-ring (bicyclic) bond motifs is 5. The van der Waals surface area contributed by atoms with E-state index < -0.39 is 5.41 Å². The normalized spacial score (nSPS) is 11.8. The van der Waals surface area contributed by atoms with E-state index in [4.69, 9.17) is 9.97 Å². The number of aromatic nitrogens is 3. The lowest BCUT2D eigenvalue weighted by atomic mass is 9.65. The fourth-order valence-corrected chi connectivity index (χ4v) is 6.47. The van der Waals surface area contributed by atoms with Crippen molar-refractivity contribution in [3.63, 3.8) is 0 Å². The molecule has 0 amide bonds. The number of para-hydroxylation sites is 3. The van der Waals surface area contributed by atoms with Gasteiger partial charge in [-0.3, -0.25) is 4.40 Å². The maximum absolute atomic E-state index is 5.19. The third kappa shape index (κ3) is 3.68. The summed E-state index contributed by atoms with van der Waals surface area (Å²) < 4.78 is 2.20. The zero-order valence-electron chi connectivity index (χ0n) is 22.9. The average Bonchev–Trinajstić information content (AvgIpc) is 3.47. The maximum Gasteiger partial charge on any atom is 0.149 e. The van der Waals surface area contributed by atoms with Crippen LogP contribution in [0.4, 0.5) is 0 Å². The number of nitrogens with zero attached hydrogens (tertiary/aromatic N) is 3. The lowest BCUT2D eigenvalue weighted by Crippen LogP contribution is -2.30. The molecule has 0 aliphatic carbocycles. The molecule has 0 bridgehead atoms. The lowest BCUT2D eigenvalue weighted by Gasteiger charge is -2.37. The van der Waals surface area contributed by atoms with Gasteiger partial charge in [-0.1, -0.05) is 140 Å².